The van der Waals surface area contributed by atoms with Crippen LogP contribution in [0.4, 0.5) is 0 Å². The molecule has 136 valence electrons. The highest BCUT2D eigenvalue weighted by atomic mass is 35.5. The lowest BCUT2D eigenvalue weighted by Gasteiger charge is -2.08. The van der Waals surface area contributed by atoms with E-state index in [0.717, 1.165) is 0 Å². The van der Waals surface area contributed by atoms with Crippen molar-refractivity contribution >= 4 is 28.5 Å². The fourth-order valence-corrected chi connectivity index (χ4v) is 3.01. The van der Waals surface area contributed by atoms with Crippen molar-refractivity contribution in [2.75, 3.05) is 6.61 Å². The molecule has 7 nitrogen and oxygen atoms in total. The summed E-state index contributed by atoms with van der Waals surface area (Å²) in [7, 11) is 0. The van der Waals surface area contributed by atoms with Gasteiger partial charge in [-0.3, -0.25) is 9.59 Å². The van der Waals surface area contributed by atoms with Crippen LogP contribution in [0.3, 0.4) is 0 Å². The third-order valence-electron chi connectivity index (χ3n) is 4.04. The van der Waals surface area contributed by atoms with Crippen LogP contribution in [-0.4, -0.2) is 27.3 Å². The van der Waals surface area contributed by atoms with Crippen LogP contribution < -0.4 is 5.56 Å². The minimum atomic E-state index is -0.477. The number of benzene rings is 1. The maximum Gasteiger partial charge on any atom is 0.313 e. The molecule has 0 atom stereocenters. The average molecular weight is 384 g/mol. The van der Waals surface area contributed by atoms with E-state index in [1.807, 2.05) is 12.1 Å². The number of esters is 1. The summed E-state index contributed by atoms with van der Waals surface area (Å²) in [5.74, 6) is 0.0636. The lowest BCUT2D eigenvalue weighted by molar-refractivity contribution is -0.142. The number of hydrogen-bond acceptors (Lipinski definition) is 6. The highest BCUT2D eigenvalue weighted by Gasteiger charge is 2.27. The first-order valence-electron chi connectivity index (χ1n) is 8.29. The Hall–Kier alpha value is -3.19. The SMILES string of the molecule is CCOC(=O)Cc1oc2ccccc2c2nn(-c3ccc(Cl)cn3)c(=O)c1-2. The van der Waals surface area contributed by atoms with Gasteiger partial charge >= 0.3 is 5.97 Å². The number of aromatic nitrogens is 3. The van der Waals surface area contributed by atoms with Gasteiger partial charge in [-0.2, -0.15) is 9.78 Å². The summed E-state index contributed by atoms with van der Waals surface area (Å²) in [6, 6.07) is 10.4. The molecule has 4 rings (SSSR count). The van der Waals surface area contributed by atoms with Crippen LogP contribution in [0.15, 0.2) is 51.8 Å². The van der Waals surface area contributed by atoms with Gasteiger partial charge in [0.25, 0.3) is 5.56 Å². The van der Waals surface area contributed by atoms with Crippen molar-refractivity contribution in [2.45, 2.75) is 13.3 Å². The van der Waals surface area contributed by atoms with E-state index in [2.05, 4.69) is 10.1 Å². The van der Waals surface area contributed by atoms with Crippen molar-refractivity contribution in [3.05, 3.63) is 63.7 Å². The zero-order chi connectivity index (χ0) is 19.0. The predicted octanol–water partition coefficient (Wildman–Crippen LogP) is 3.24. The minimum Gasteiger partial charge on any atom is -0.466 e. The normalized spacial score (nSPS) is 11.2. The van der Waals surface area contributed by atoms with Crippen LogP contribution >= 0.6 is 11.6 Å². The Morgan fingerprint density at radius 3 is 2.81 bits per heavy atom. The second-order valence-corrected chi connectivity index (χ2v) is 6.21. The number of fused-ring (bicyclic) bond motifs is 3. The first kappa shape index (κ1) is 17.2. The number of carbonyl (C=O) groups excluding carboxylic acids is 1. The third kappa shape index (κ3) is 3.06. The van der Waals surface area contributed by atoms with Crippen molar-refractivity contribution in [3.63, 3.8) is 0 Å². The van der Waals surface area contributed by atoms with E-state index in [1.54, 1.807) is 31.2 Å². The zero-order valence-corrected chi connectivity index (χ0v) is 15.1. The molecule has 2 aliphatic heterocycles. The highest BCUT2D eigenvalue weighted by molar-refractivity contribution is 6.30. The Balaban J connectivity index is 1.98. The van der Waals surface area contributed by atoms with Gasteiger partial charge in [0.15, 0.2) is 5.82 Å². The van der Waals surface area contributed by atoms with Gasteiger partial charge in [-0.25, -0.2) is 4.98 Å². The molecule has 0 amide bonds. The number of hydrogen-bond donors (Lipinski definition) is 0. The summed E-state index contributed by atoms with van der Waals surface area (Å²) in [6.07, 6.45) is 1.27. The van der Waals surface area contributed by atoms with Gasteiger partial charge in [0.2, 0.25) is 0 Å². The van der Waals surface area contributed by atoms with E-state index in [4.69, 9.17) is 20.8 Å². The van der Waals surface area contributed by atoms with Crippen molar-refractivity contribution in [1.29, 1.82) is 0 Å². The number of para-hydroxylation sites is 1. The van der Waals surface area contributed by atoms with Crippen LogP contribution in [0.2, 0.25) is 5.02 Å². The van der Waals surface area contributed by atoms with Crippen LogP contribution in [0.1, 0.15) is 12.7 Å². The molecule has 0 unspecified atom stereocenters. The highest BCUT2D eigenvalue weighted by Crippen LogP contribution is 2.31. The van der Waals surface area contributed by atoms with Crippen molar-refractivity contribution < 1.29 is 13.9 Å². The Labute approximate surface area is 158 Å². The Bertz CT molecular complexity index is 1160. The van der Waals surface area contributed by atoms with Crippen molar-refractivity contribution in [1.82, 2.24) is 14.8 Å². The smallest absolute Gasteiger partial charge is 0.313 e. The van der Waals surface area contributed by atoms with Crippen LogP contribution in [0, 0.1) is 0 Å². The fraction of sp³-hybridized carbons (Fsp3) is 0.158. The lowest BCUT2D eigenvalue weighted by atomic mass is 10.1. The molecule has 2 aromatic rings. The zero-order valence-electron chi connectivity index (χ0n) is 14.3. The Morgan fingerprint density at radius 2 is 2.07 bits per heavy atom. The van der Waals surface area contributed by atoms with Crippen molar-refractivity contribution in [2.24, 2.45) is 0 Å². The average Bonchev–Trinajstić information content (AvgIpc) is 3.01. The maximum atomic E-state index is 13.0. The predicted molar refractivity (Wildman–Crippen MR) is 99.4 cm³/mol. The molecule has 1 aromatic carbocycles. The van der Waals surface area contributed by atoms with Crippen LogP contribution in [0.5, 0.6) is 0 Å². The summed E-state index contributed by atoms with van der Waals surface area (Å²) in [6.45, 7) is 1.96. The molecule has 27 heavy (non-hydrogen) atoms. The first-order valence-corrected chi connectivity index (χ1v) is 8.67. The Morgan fingerprint density at radius 1 is 1.26 bits per heavy atom. The second kappa shape index (κ2) is 6.85. The fourth-order valence-electron chi connectivity index (χ4n) is 2.89. The van der Waals surface area contributed by atoms with Crippen LogP contribution in [-0.2, 0) is 16.0 Å². The number of pyridine rings is 1. The molecule has 3 heterocycles. The lowest BCUT2D eigenvalue weighted by Crippen LogP contribution is -2.17. The topological polar surface area (TPSA) is 87.2 Å². The molecule has 1 aromatic heterocycles. The van der Waals surface area contributed by atoms with E-state index in [0.29, 0.717) is 27.5 Å². The summed E-state index contributed by atoms with van der Waals surface area (Å²) >= 11 is 5.87. The van der Waals surface area contributed by atoms with Gasteiger partial charge in [-0.15, -0.1) is 0 Å². The van der Waals surface area contributed by atoms with E-state index >= 15 is 0 Å². The summed E-state index contributed by atoms with van der Waals surface area (Å²) in [5.41, 5.74) is 0.781. The number of carbonyl (C=O) groups is 1. The summed E-state index contributed by atoms with van der Waals surface area (Å²) in [4.78, 5) is 29.2. The molecule has 0 saturated carbocycles. The van der Waals surface area contributed by atoms with E-state index < -0.39 is 11.5 Å². The maximum absolute atomic E-state index is 13.0. The second-order valence-electron chi connectivity index (χ2n) is 5.78. The molecule has 8 heteroatoms. The van der Waals surface area contributed by atoms with E-state index in [1.165, 1.54) is 10.9 Å². The largest absolute Gasteiger partial charge is 0.466 e. The monoisotopic (exact) mass is 383 g/mol. The first-order chi connectivity index (χ1) is 13.1. The van der Waals surface area contributed by atoms with Crippen molar-refractivity contribution in [3.8, 4) is 17.1 Å². The minimum absolute atomic E-state index is 0.163. The molecule has 0 N–H and O–H groups in total. The quantitative estimate of drug-likeness (QED) is 0.503. The Kier molecular flexibility index (Phi) is 4.37. The number of rotatable bonds is 4. The molecule has 0 bridgehead atoms. The summed E-state index contributed by atoms with van der Waals surface area (Å²) < 4.78 is 12.0. The van der Waals surface area contributed by atoms with Gasteiger partial charge in [-0.05, 0) is 31.2 Å². The number of ether oxygens (including phenoxy) is 1. The molecule has 0 aliphatic carbocycles. The molecule has 2 aliphatic rings. The summed E-state index contributed by atoms with van der Waals surface area (Å²) in [5, 5.41) is 5.56. The van der Waals surface area contributed by atoms with Gasteiger partial charge in [0.1, 0.15) is 29.0 Å². The molecule has 0 spiro atoms. The number of halogens is 1. The van der Waals surface area contributed by atoms with Gasteiger partial charge in [0.05, 0.1) is 11.6 Å². The molecule has 0 fully saturated rings. The third-order valence-corrected chi connectivity index (χ3v) is 4.26. The van der Waals surface area contributed by atoms with Gasteiger partial charge < -0.3 is 9.15 Å². The molecular formula is C19H14ClN3O4. The molecular weight excluding hydrogens is 370 g/mol. The van der Waals surface area contributed by atoms with Crippen LogP contribution in [0.25, 0.3) is 28.0 Å². The number of nitrogens with zero attached hydrogens (tertiary/aromatic N) is 3. The molecule has 0 saturated heterocycles. The van der Waals surface area contributed by atoms with E-state index in [-0.39, 0.29) is 24.4 Å². The molecule has 0 radical (unpaired) electrons. The van der Waals surface area contributed by atoms with E-state index in [9.17, 15) is 9.59 Å². The standard InChI is InChI=1S/C19H14ClN3O4/c1-2-26-16(24)9-14-17-18(12-5-3-4-6-13(12)27-14)22-23(19(17)25)15-8-7-11(20)10-21-15/h3-8,10H,2,9H2,1H3. The van der Waals surface area contributed by atoms with Gasteiger partial charge in [-0.1, -0.05) is 23.7 Å². The van der Waals surface area contributed by atoms with Gasteiger partial charge in [0, 0.05) is 11.6 Å².